The average Bonchev–Trinajstić information content (AvgIpc) is 2.50. The van der Waals surface area contributed by atoms with E-state index >= 15 is 0 Å². The van der Waals surface area contributed by atoms with Gasteiger partial charge in [-0.3, -0.25) is 9.59 Å². The summed E-state index contributed by atoms with van der Waals surface area (Å²) in [6.45, 7) is 24.5. The fourth-order valence-corrected chi connectivity index (χ4v) is 2.82. The van der Waals surface area contributed by atoms with Crippen molar-refractivity contribution in [2.75, 3.05) is 0 Å². The summed E-state index contributed by atoms with van der Waals surface area (Å²) in [5.41, 5.74) is 4.41. The summed E-state index contributed by atoms with van der Waals surface area (Å²) >= 11 is 0. The van der Waals surface area contributed by atoms with Gasteiger partial charge in [0.15, 0.2) is 11.6 Å². The summed E-state index contributed by atoms with van der Waals surface area (Å²) in [4.78, 5) is 23.2. The Hall–Kier alpha value is -1.18. The van der Waals surface area contributed by atoms with Crippen molar-refractivity contribution < 1.29 is 9.59 Å². The maximum absolute atomic E-state index is 11.6. The third-order valence-electron chi connectivity index (χ3n) is 4.50. The zero-order chi connectivity index (χ0) is 21.2. The highest BCUT2D eigenvalue weighted by atomic mass is 16.1. The number of carbonyl (C=O) groups excluding carboxylic acids is 2. The van der Waals surface area contributed by atoms with Gasteiger partial charge in [-0.15, -0.1) is 0 Å². The summed E-state index contributed by atoms with van der Waals surface area (Å²) in [6, 6.07) is 0. The van der Waals surface area contributed by atoms with Crippen molar-refractivity contribution >= 4 is 11.6 Å². The zero-order valence-electron chi connectivity index (χ0n) is 19.5. The molecule has 0 aliphatic rings. The van der Waals surface area contributed by atoms with Gasteiger partial charge in [-0.1, -0.05) is 66.5 Å². The third kappa shape index (κ3) is 11.4. The van der Waals surface area contributed by atoms with Gasteiger partial charge in [0.05, 0.1) is 0 Å². The molecule has 0 heterocycles. The molecule has 0 N–H and O–H groups in total. The molecule has 0 spiro atoms. The molecule has 26 heavy (non-hydrogen) atoms. The van der Waals surface area contributed by atoms with Crippen LogP contribution in [-0.4, -0.2) is 11.6 Å². The quantitative estimate of drug-likeness (QED) is 0.427. The number of Topliss-reactive ketones (excluding diaryl/α,β-unsaturated/α-hetero) is 2. The van der Waals surface area contributed by atoms with Crippen LogP contribution in [0, 0.1) is 23.7 Å². The van der Waals surface area contributed by atoms with E-state index in [4.69, 9.17) is 0 Å². The van der Waals surface area contributed by atoms with Gasteiger partial charge in [0.2, 0.25) is 0 Å². The topological polar surface area (TPSA) is 34.1 Å². The molecule has 0 aromatic heterocycles. The molecule has 0 rings (SSSR count). The molecule has 0 fully saturated rings. The van der Waals surface area contributed by atoms with Crippen LogP contribution in [0.4, 0.5) is 0 Å². The first-order valence-electron chi connectivity index (χ1n) is 10.1. The lowest BCUT2D eigenvalue weighted by molar-refractivity contribution is -0.119. The van der Waals surface area contributed by atoms with E-state index in [9.17, 15) is 9.59 Å². The van der Waals surface area contributed by atoms with Crippen molar-refractivity contribution in [1.29, 1.82) is 0 Å². The highest BCUT2D eigenvalue weighted by Gasteiger charge is 2.13. The summed E-state index contributed by atoms with van der Waals surface area (Å²) in [7, 11) is 0. The van der Waals surface area contributed by atoms with Crippen molar-refractivity contribution in [3.05, 3.63) is 22.3 Å². The number of hydrogen-bond acceptors (Lipinski definition) is 2. The second kappa shape index (κ2) is 13.1. The van der Waals surface area contributed by atoms with Crippen LogP contribution >= 0.6 is 0 Å². The number of ketones is 2. The number of hydrogen-bond donors (Lipinski definition) is 0. The monoisotopic (exact) mass is 364 g/mol. The largest absolute Gasteiger partial charge is 0.294 e. The molecular weight excluding hydrogens is 320 g/mol. The van der Waals surface area contributed by atoms with Crippen LogP contribution in [0.3, 0.4) is 0 Å². The minimum atomic E-state index is 0.127. The van der Waals surface area contributed by atoms with E-state index in [1.165, 1.54) is 11.1 Å². The maximum atomic E-state index is 11.6. The smallest absolute Gasteiger partial charge is 0.161 e. The molecule has 0 aliphatic heterocycles. The average molecular weight is 365 g/mol. The van der Waals surface area contributed by atoms with Crippen LogP contribution in [0.15, 0.2) is 22.3 Å². The van der Waals surface area contributed by atoms with E-state index in [0.717, 1.165) is 24.0 Å². The van der Waals surface area contributed by atoms with Crippen LogP contribution in [-0.2, 0) is 9.59 Å². The van der Waals surface area contributed by atoms with Gasteiger partial charge in [0, 0.05) is 11.8 Å². The van der Waals surface area contributed by atoms with Crippen molar-refractivity contribution in [3.63, 3.8) is 0 Å². The Morgan fingerprint density at radius 1 is 0.538 bits per heavy atom. The molecule has 0 radical (unpaired) electrons. The Morgan fingerprint density at radius 2 is 0.769 bits per heavy atom. The Morgan fingerprint density at radius 3 is 0.923 bits per heavy atom. The number of allylic oxidation sites excluding steroid dienone is 4. The van der Waals surface area contributed by atoms with Crippen molar-refractivity contribution in [2.24, 2.45) is 23.7 Å². The summed E-state index contributed by atoms with van der Waals surface area (Å²) < 4.78 is 0. The van der Waals surface area contributed by atoms with Crippen LogP contribution in [0.5, 0.6) is 0 Å². The Kier molecular flexibility index (Phi) is 13.6. The molecule has 0 aliphatic carbocycles. The van der Waals surface area contributed by atoms with Gasteiger partial charge in [-0.25, -0.2) is 0 Å². The number of rotatable bonds is 8. The van der Waals surface area contributed by atoms with Gasteiger partial charge in [-0.05, 0) is 63.5 Å². The Bertz CT molecular complexity index is 466. The van der Waals surface area contributed by atoms with Gasteiger partial charge in [0.1, 0.15) is 0 Å². The lowest BCUT2D eigenvalue weighted by Gasteiger charge is -2.11. The predicted octanol–water partition coefficient (Wildman–Crippen LogP) is 7.19. The summed E-state index contributed by atoms with van der Waals surface area (Å²) in [5, 5.41) is 0. The Labute approximate surface area is 163 Å². The molecule has 0 saturated carbocycles. The molecule has 0 amide bonds. The van der Waals surface area contributed by atoms with E-state index in [1.54, 1.807) is 0 Å². The second-order valence-electron chi connectivity index (χ2n) is 9.04. The van der Waals surface area contributed by atoms with Gasteiger partial charge in [-0.2, -0.15) is 0 Å². The molecule has 0 saturated heterocycles. The third-order valence-corrected chi connectivity index (χ3v) is 4.50. The standard InChI is InChI=1S/2C12H22O/c2*1-8(2)7-10(5)11(6)12(13)9(3)4/h2*8-9H,7H2,1-6H3. The fourth-order valence-electron chi connectivity index (χ4n) is 2.82. The van der Waals surface area contributed by atoms with Crippen LogP contribution < -0.4 is 0 Å². The Balaban J connectivity index is 0. The SMILES string of the molecule is CC(CC(C)C)=C(C)C(=O)C(C)C.CC(CC(C)C)=C(C)C(=O)C(C)C. The molecule has 0 atom stereocenters. The fraction of sp³-hybridized carbons (Fsp3) is 0.750. The van der Waals surface area contributed by atoms with E-state index in [2.05, 4.69) is 41.5 Å². The molecule has 0 unspecified atom stereocenters. The lowest BCUT2D eigenvalue weighted by atomic mass is 9.94. The first-order valence-corrected chi connectivity index (χ1v) is 10.1. The van der Waals surface area contributed by atoms with E-state index < -0.39 is 0 Å². The maximum Gasteiger partial charge on any atom is 0.161 e. The van der Waals surface area contributed by atoms with Crippen LogP contribution in [0.2, 0.25) is 0 Å². The van der Waals surface area contributed by atoms with Gasteiger partial charge in [0.25, 0.3) is 0 Å². The second-order valence-corrected chi connectivity index (χ2v) is 9.04. The summed E-state index contributed by atoms with van der Waals surface area (Å²) in [5.74, 6) is 2.10. The molecule has 2 nitrogen and oxygen atoms in total. The van der Waals surface area contributed by atoms with Crippen LogP contribution in [0.1, 0.15) is 95.9 Å². The lowest BCUT2D eigenvalue weighted by Crippen LogP contribution is -2.10. The zero-order valence-corrected chi connectivity index (χ0v) is 19.5. The van der Waals surface area contributed by atoms with E-state index in [1.807, 2.05) is 41.5 Å². The highest BCUT2D eigenvalue weighted by molar-refractivity contribution is 5.97. The van der Waals surface area contributed by atoms with Crippen molar-refractivity contribution in [1.82, 2.24) is 0 Å². The van der Waals surface area contributed by atoms with Gasteiger partial charge >= 0.3 is 0 Å². The summed E-state index contributed by atoms with van der Waals surface area (Å²) in [6.07, 6.45) is 2.06. The molecule has 0 bridgehead atoms. The molecule has 2 heteroatoms. The first-order chi connectivity index (χ1) is 11.7. The van der Waals surface area contributed by atoms with Crippen molar-refractivity contribution in [3.8, 4) is 0 Å². The normalized spacial score (nSPS) is 13.5. The highest BCUT2D eigenvalue weighted by Crippen LogP contribution is 2.18. The van der Waals surface area contributed by atoms with Crippen molar-refractivity contribution in [2.45, 2.75) is 95.9 Å². The minimum absolute atomic E-state index is 0.127. The molecule has 152 valence electrons. The van der Waals surface area contributed by atoms with Crippen LogP contribution in [0.25, 0.3) is 0 Å². The minimum Gasteiger partial charge on any atom is -0.294 e. The first kappa shape index (κ1) is 27.0. The molecule has 0 aromatic carbocycles. The number of carbonyl (C=O) groups is 2. The predicted molar refractivity (Wildman–Crippen MR) is 115 cm³/mol. The molecular formula is C24H44O2. The molecule has 0 aromatic rings. The van der Waals surface area contributed by atoms with Gasteiger partial charge < -0.3 is 0 Å². The van der Waals surface area contributed by atoms with E-state index in [-0.39, 0.29) is 23.4 Å². The van der Waals surface area contributed by atoms with E-state index in [0.29, 0.717) is 11.8 Å².